The van der Waals surface area contributed by atoms with Crippen LogP contribution in [-0.4, -0.2) is 5.11 Å². The van der Waals surface area contributed by atoms with Gasteiger partial charge in [-0.2, -0.15) is 0 Å². The summed E-state index contributed by atoms with van der Waals surface area (Å²) in [5.74, 6) is 0.322. The highest BCUT2D eigenvalue weighted by Gasteiger charge is 1.87. The molecule has 58 valence electrons. The monoisotopic (exact) mass is 148 g/mol. The fourth-order valence-corrected chi connectivity index (χ4v) is 0.882. The lowest BCUT2D eigenvalue weighted by atomic mass is 10.2. The molecule has 11 heavy (non-hydrogen) atoms. The fraction of sp³-hybridized carbons (Fsp3) is 0.200. The van der Waals surface area contributed by atoms with Crippen LogP contribution in [-0.2, 0) is 0 Å². The molecule has 0 spiro atoms. The average Bonchev–Trinajstić information content (AvgIpc) is 2.01. The molecule has 0 atom stereocenters. The number of phenols is 1. The third-order valence-electron chi connectivity index (χ3n) is 1.42. The highest BCUT2D eigenvalue weighted by atomic mass is 16.3. The lowest BCUT2D eigenvalue weighted by molar-refractivity contribution is 0.475. The van der Waals surface area contributed by atoms with Crippen molar-refractivity contribution >= 4 is 6.08 Å². The van der Waals surface area contributed by atoms with Crippen LogP contribution in [0.25, 0.3) is 6.08 Å². The summed E-state index contributed by atoms with van der Waals surface area (Å²) in [6, 6.07) is 7.21. The topological polar surface area (TPSA) is 20.2 Å². The number of hydrogen-bond acceptors (Lipinski definition) is 1. The SMILES string of the molecule is CC/C=C\c1cccc(O)c1. The van der Waals surface area contributed by atoms with Gasteiger partial charge >= 0.3 is 0 Å². The first kappa shape index (κ1) is 7.86. The minimum Gasteiger partial charge on any atom is -0.508 e. The number of phenolic OH excluding ortho intramolecular Hbond substituents is 1. The Labute approximate surface area is 67.0 Å². The molecule has 0 saturated carbocycles. The Morgan fingerprint density at radius 1 is 1.45 bits per heavy atom. The first-order valence-electron chi connectivity index (χ1n) is 3.78. The van der Waals surface area contributed by atoms with Crippen LogP contribution in [0.4, 0.5) is 0 Å². The van der Waals surface area contributed by atoms with Gasteiger partial charge in [0.15, 0.2) is 0 Å². The maximum absolute atomic E-state index is 9.08. The van der Waals surface area contributed by atoms with Gasteiger partial charge in [-0.05, 0) is 24.1 Å². The Balaban J connectivity index is 2.79. The molecule has 1 heteroatoms. The first-order valence-corrected chi connectivity index (χ1v) is 3.78. The van der Waals surface area contributed by atoms with E-state index in [9.17, 15) is 0 Å². The van der Waals surface area contributed by atoms with Crippen LogP contribution < -0.4 is 0 Å². The van der Waals surface area contributed by atoms with Gasteiger partial charge in [0.2, 0.25) is 0 Å². The molecular weight excluding hydrogens is 136 g/mol. The van der Waals surface area contributed by atoms with Crippen molar-refractivity contribution in [2.45, 2.75) is 13.3 Å². The predicted octanol–water partition coefficient (Wildman–Crippen LogP) is 2.82. The van der Waals surface area contributed by atoms with Crippen LogP contribution in [0.5, 0.6) is 5.75 Å². The number of benzene rings is 1. The van der Waals surface area contributed by atoms with Crippen molar-refractivity contribution in [3.63, 3.8) is 0 Å². The van der Waals surface area contributed by atoms with E-state index in [1.165, 1.54) is 0 Å². The van der Waals surface area contributed by atoms with Crippen LogP contribution >= 0.6 is 0 Å². The summed E-state index contributed by atoms with van der Waals surface area (Å²) >= 11 is 0. The number of rotatable bonds is 2. The zero-order valence-corrected chi connectivity index (χ0v) is 6.62. The number of hydrogen-bond donors (Lipinski definition) is 1. The van der Waals surface area contributed by atoms with E-state index in [1.54, 1.807) is 12.1 Å². The summed E-state index contributed by atoms with van der Waals surface area (Å²) < 4.78 is 0. The maximum atomic E-state index is 9.08. The minimum absolute atomic E-state index is 0.322. The van der Waals surface area contributed by atoms with Crippen LogP contribution in [0.1, 0.15) is 18.9 Å². The van der Waals surface area contributed by atoms with Crippen LogP contribution in [0.15, 0.2) is 30.3 Å². The summed E-state index contributed by atoms with van der Waals surface area (Å²) in [4.78, 5) is 0. The summed E-state index contributed by atoms with van der Waals surface area (Å²) in [7, 11) is 0. The molecule has 1 aromatic rings. The molecule has 0 aliphatic heterocycles. The molecule has 1 nitrogen and oxygen atoms in total. The van der Waals surface area contributed by atoms with Crippen molar-refractivity contribution < 1.29 is 5.11 Å². The summed E-state index contributed by atoms with van der Waals surface area (Å²) in [6.45, 7) is 2.08. The third kappa shape index (κ3) is 2.46. The van der Waals surface area contributed by atoms with Gasteiger partial charge in [-0.15, -0.1) is 0 Å². The first-order chi connectivity index (χ1) is 5.33. The standard InChI is InChI=1S/C10H12O/c1-2-3-5-9-6-4-7-10(11)8-9/h3-8,11H,2H2,1H3/b5-3-. The molecule has 0 heterocycles. The zero-order chi connectivity index (χ0) is 8.10. The van der Waals surface area contributed by atoms with Crippen molar-refractivity contribution in [3.05, 3.63) is 35.9 Å². The number of aromatic hydroxyl groups is 1. The van der Waals surface area contributed by atoms with Crippen molar-refractivity contribution in [1.82, 2.24) is 0 Å². The second kappa shape index (κ2) is 3.81. The lowest BCUT2D eigenvalue weighted by Gasteiger charge is -1.93. The van der Waals surface area contributed by atoms with Gasteiger partial charge in [-0.3, -0.25) is 0 Å². The second-order valence-electron chi connectivity index (χ2n) is 2.41. The van der Waals surface area contributed by atoms with E-state index >= 15 is 0 Å². The van der Waals surface area contributed by atoms with E-state index in [1.807, 2.05) is 18.2 Å². The van der Waals surface area contributed by atoms with Gasteiger partial charge in [0, 0.05) is 0 Å². The highest BCUT2D eigenvalue weighted by molar-refractivity contribution is 5.51. The number of allylic oxidation sites excluding steroid dienone is 1. The van der Waals surface area contributed by atoms with Crippen LogP contribution in [0.3, 0.4) is 0 Å². The molecular formula is C10H12O. The van der Waals surface area contributed by atoms with Crippen LogP contribution in [0.2, 0.25) is 0 Å². The van der Waals surface area contributed by atoms with Gasteiger partial charge in [-0.25, -0.2) is 0 Å². The smallest absolute Gasteiger partial charge is 0.116 e. The largest absolute Gasteiger partial charge is 0.508 e. The molecule has 0 bridgehead atoms. The van der Waals surface area contributed by atoms with Gasteiger partial charge < -0.3 is 5.11 Å². The van der Waals surface area contributed by atoms with Crippen molar-refractivity contribution in [2.75, 3.05) is 0 Å². The Bertz CT molecular complexity index is 251. The lowest BCUT2D eigenvalue weighted by Crippen LogP contribution is -1.69. The van der Waals surface area contributed by atoms with E-state index in [4.69, 9.17) is 5.11 Å². The van der Waals surface area contributed by atoms with Crippen LogP contribution in [0, 0.1) is 0 Å². The maximum Gasteiger partial charge on any atom is 0.116 e. The molecule has 1 aromatic carbocycles. The second-order valence-corrected chi connectivity index (χ2v) is 2.41. The Kier molecular flexibility index (Phi) is 2.73. The highest BCUT2D eigenvalue weighted by Crippen LogP contribution is 2.11. The van der Waals surface area contributed by atoms with Crippen molar-refractivity contribution in [3.8, 4) is 5.75 Å². The Hall–Kier alpha value is -1.24. The van der Waals surface area contributed by atoms with Gasteiger partial charge in [-0.1, -0.05) is 31.2 Å². The Morgan fingerprint density at radius 3 is 2.91 bits per heavy atom. The van der Waals surface area contributed by atoms with Gasteiger partial charge in [0.25, 0.3) is 0 Å². The molecule has 0 aliphatic rings. The summed E-state index contributed by atoms with van der Waals surface area (Å²) in [6.07, 6.45) is 5.09. The zero-order valence-electron chi connectivity index (χ0n) is 6.62. The summed E-state index contributed by atoms with van der Waals surface area (Å²) in [5.41, 5.74) is 1.05. The van der Waals surface area contributed by atoms with Crippen molar-refractivity contribution in [1.29, 1.82) is 0 Å². The van der Waals surface area contributed by atoms with E-state index in [0.29, 0.717) is 5.75 Å². The molecule has 0 saturated heterocycles. The average molecular weight is 148 g/mol. The molecule has 0 fully saturated rings. The molecule has 0 amide bonds. The van der Waals surface area contributed by atoms with E-state index < -0.39 is 0 Å². The Morgan fingerprint density at radius 2 is 2.27 bits per heavy atom. The summed E-state index contributed by atoms with van der Waals surface area (Å²) in [5, 5.41) is 9.08. The molecule has 1 N–H and O–H groups in total. The minimum atomic E-state index is 0.322. The van der Waals surface area contributed by atoms with E-state index in [0.717, 1.165) is 12.0 Å². The quantitative estimate of drug-likeness (QED) is 0.683. The van der Waals surface area contributed by atoms with Crippen molar-refractivity contribution in [2.24, 2.45) is 0 Å². The predicted molar refractivity (Wildman–Crippen MR) is 47.4 cm³/mol. The molecule has 0 aliphatic carbocycles. The fourth-order valence-electron chi connectivity index (χ4n) is 0.882. The van der Waals surface area contributed by atoms with E-state index in [2.05, 4.69) is 13.0 Å². The van der Waals surface area contributed by atoms with Gasteiger partial charge in [0.05, 0.1) is 0 Å². The van der Waals surface area contributed by atoms with E-state index in [-0.39, 0.29) is 0 Å². The molecule has 1 rings (SSSR count). The molecule has 0 radical (unpaired) electrons. The molecule has 0 aromatic heterocycles. The normalized spacial score (nSPS) is 10.6. The molecule has 0 unspecified atom stereocenters. The third-order valence-corrected chi connectivity index (χ3v) is 1.42. The van der Waals surface area contributed by atoms with Gasteiger partial charge in [0.1, 0.15) is 5.75 Å².